The topological polar surface area (TPSA) is 102 Å². The molecule has 0 saturated carbocycles. The monoisotopic (exact) mass is 303 g/mol. The Balaban J connectivity index is 1.98. The summed E-state index contributed by atoms with van der Waals surface area (Å²) in [6.45, 7) is 7.04. The Hall–Kier alpha value is -1.06. The Kier molecular flexibility index (Phi) is 8.40. The number of hydrogen-bond donors (Lipinski definition) is 1. The number of ether oxygens (including phenoxy) is 4. The first-order valence-electron chi connectivity index (χ1n) is 6.88. The van der Waals surface area contributed by atoms with Crippen LogP contribution in [0.3, 0.4) is 0 Å². The molecule has 0 bridgehead atoms. The molecule has 122 valence electrons. The van der Waals surface area contributed by atoms with Crippen molar-refractivity contribution in [3.63, 3.8) is 0 Å². The number of hydrogen-bond acceptors (Lipinski definition) is 8. The maximum Gasteiger partial charge on any atom is 0.252 e. The second-order valence-electron chi connectivity index (χ2n) is 5.00. The molecule has 21 heavy (non-hydrogen) atoms. The van der Waals surface area contributed by atoms with Gasteiger partial charge in [0.1, 0.15) is 6.61 Å². The van der Waals surface area contributed by atoms with E-state index in [9.17, 15) is 0 Å². The molecular formula is C13H25N3O5. The molecule has 0 aliphatic rings. The van der Waals surface area contributed by atoms with Gasteiger partial charge in [-0.05, 0) is 13.8 Å². The predicted octanol–water partition coefficient (Wildman–Crippen LogP) is 0.460. The van der Waals surface area contributed by atoms with E-state index < -0.39 is 5.54 Å². The fourth-order valence-corrected chi connectivity index (χ4v) is 1.32. The van der Waals surface area contributed by atoms with Gasteiger partial charge in [0.2, 0.25) is 0 Å². The van der Waals surface area contributed by atoms with E-state index in [1.165, 1.54) is 0 Å². The summed E-state index contributed by atoms with van der Waals surface area (Å²) in [5.74, 6) is 0.872. The third-order valence-electron chi connectivity index (χ3n) is 2.45. The molecule has 2 N–H and O–H groups in total. The summed E-state index contributed by atoms with van der Waals surface area (Å²) in [6.07, 6.45) is 0. The van der Waals surface area contributed by atoms with Crippen LogP contribution in [-0.2, 0) is 31.1 Å². The van der Waals surface area contributed by atoms with Crippen LogP contribution in [-0.4, -0.2) is 56.9 Å². The molecule has 8 heteroatoms. The van der Waals surface area contributed by atoms with E-state index >= 15 is 0 Å². The number of methoxy groups -OCH3 is 1. The van der Waals surface area contributed by atoms with Crippen molar-refractivity contribution < 1.29 is 23.5 Å². The van der Waals surface area contributed by atoms with Crippen LogP contribution in [0, 0.1) is 0 Å². The molecule has 0 aliphatic carbocycles. The van der Waals surface area contributed by atoms with Gasteiger partial charge in [0, 0.05) is 7.11 Å². The molecule has 8 nitrogen and oxygen atoms in total. The lowest BCUT2D eigenvalue weighted by atomic mass is 10.1. The molecule has 1 aromatic rings. The Morgan fingerprint density at radius 2 is 1.57 bits per heavy atom. The Morgan fingerprint density at radius 1 is 1.00 bits per heavy atom. The van der Waals surface area contributed by atoms with Gasteiger partial charge in [-0.1, -0.05) is 5.16 Å². The van der Waals surface area contributed by atoms with Crippen LogP contribution in [0.15, 0.2) is 4.52 Å². The highest BCUT2D eigenvalue weighted by atomic mass is 16.6. The summed E-state index contributed by atoms with van der Waals surface area (Å²) < 4.78 is 25.8. The van der Waals surface area contributed by atoms with E-state index in [-0.39, 0.29) is 6.61 Å². The summed E-state index contributed by atoms with van der Waals surface area (Å²) in [7, 11) is 1.64. The normalized spacial score (nSPS) is 12.0. The molecule has 0 spiro atoms. The first-order valence-corrected chi connectivity index (χ1v) is 6.88. The van der Waals surface area contributed by atoms with Crippen molar-refractivity contribution in [2.24, 2.45) is 5.73 Å². The lowest BCUT2D eigenvalue weighted by molar-refractivity contribution is -0.00245. The first kappa shape index (κ1) is 18.0. The zero-order valence-electron chi connectivity index (χ0n) is 13.0. The van der Waals surface area contributed by atoms with E-state index in [1.54, 1.807) is 7.11 Å². The fraction of sp³-hybridized carbons (Fsp3) is 0.846. The average molecular weight is 303 g/mol. The highest BCUT2D eigenvalue weighted by Crippen LogP contribution is 2.12. The highest BCUT2D eigenvalue weighted by Gasteiger charge is 2.21. The lowest BCUT2D eigenvalue weighted by Crippen LogP contribution is -2.30. The number of nitrogens with two attached hydrogens (primary N) is 1. The largest absolute Gasteiger partial charge is 0.382 e. The van der Waals surface area contributed by atoms with Crippen molar-refractivity contribution in [1.82, 2.24) is 10.1 Å². The third-order valence-corrected chi connectivity index (χ3v) is 2.45. The summed E-state index contributed by atoms with van der Waals surface area (Å²) in [5.41, 5.74) is 5.24. The smallest absolute Gasteiger partial charge is 0.252 e. The molecule has 1 rings (SSSR count). The first-order chi connectivity index (χ1) is 10.0. The van der Waals surface area contributed by atoms with Crippen molar-refractivity contribution in [3.05, 3.63) is 11.7 Å². The standard InChI is InChI=1S/C13H25N3O5/c1-13(2,14)12-15-11(21-16-12)10-20-9-8-19-7-6-18-5-4-17-3/h4-10,14H2,1-3H3. The summed E-state index contributed by atoms with van der Waals surface area (Å²) in [6, 6.07) is 0. The summed E-state index contributed by atoms with van der Waals surface area (Å²) in [5, 5.41) is 3.80. The summed E-state index contributed by atoms with van der Waals surface area (Å²) >= 11 is 0. The van der Waals surface area contributed by atoms with Gasteiger partial charge in [-0.25, -0.2) is 0 Å². The van der Waals surface area contributed by atoms with Crippen LogP contribution in [0.5, 0.6) is 0 Å². The zero-order chi connectivity index (χ0) is 15.6. The van der Waals surface area contributed by atoms with Gasteiger partial charge in [-0.3, -0.25) is 0 Å². The van der Waals surface area contributed by atoms with E-state index in [0.717, 1.165) is 0 Å². The van der Waals surface area contributed by atoms with E-state index in [2.05, 4.69) is 10.1 Å². The van der Waals surface area contributed by atoms with Crippen LogP contribution in [0.2, 0.25) is 0 Å². The second-order valence-corrected chi connectivity index (χ2v) is 5.00. The van der Waals surface area contributed by atoms with Crippen molar-refractivity contribution >= 4 is 0 Å². The highest BCUT2D eigenvalue weighted by molar-refractivity contribution is 4.98. The molecule has 1 aromatic heterocycles. The molecule has 0 aromatic carbocycles. The van der Waals surface area contributed by atoms with Gasteiger partial charge < -0.3 is 29.2 Å². The van der Waals surface area contributed by atoms with Crippen molar-refractivity contribution in [3.8, 4) is 0 Å². The minimum atomic E-state index is -0.617. The van der Waals surface area contributed by atoms with Crippen LogP contribution in [0.4, 0.5) is 0 Å². The quantitative estimate of drug-likeness (QED) is 0.556. The molecule has 0 radical (unpaired) electrons. The number of aromatic nitrogens is 2. The fourth-order valence-electron chi connectivity index (χ4n) is 1.32. The van der Waals surface area contributed by atoms with Crippen molar-refractivity contribution in [2.75, 3.05) is 46.8 Å². The number of rotatable bonds is 12. The maximum absolute atomic E-state index is 5.86. The average Bonchev–Trinajstić information content (AvgIpc) is 2.90. The minimum Gasteiger partial charge on any atom is -0.382 e. The van der Waals surface area contributed by atoms with Crippen LogP contribution >= 0.6 is 0 Å². The minimum absolute atomic E-state index is 0.247. The predicted molar refractivity (Wildman–Crippen MR) is 74.7 cm³/mol. The van der Waals surface area contributed by atoms with Gasteiger partial charge in [-0.15, -0.1) is 0 Å². The van der Waals surface area contributed by atoms with Crippen LogP contribution in [0.1, 0.15) is 25.6 Å². The van der Waals surface area contributed by atoms with Crippen molar-refractivity contribution in [1.29, 1.82) is 0 Å². The van der Waals surface area contributed by atoms with Gasteiger partial charge in [0.25, 0.3) is 5.89 Å². The maximum atomic E-state index is 5.86. The lowest BCUT2D eigenvalue weighted by Gasteiger charge is -2.11. The van der Waals surface area contributed by atoms with Gasteiger partial charge in [0.15, 0.2) is 5.82 Å². The molecule has 0 saturated heterocycles. The molecular weight excluding hydrogens is 278 g/mol. The SMILES string of the molecule is COCCOCCOCCOCc1nc(C(C)(C)N)no1. The molecule has 0 unspecified atom stereocenters. The zero-order valence-corrected chi connectivity index (χ0v) is 13.0. The van der Waals surface area contributed by atoms with E-state index in [0.29, 0.717) is 51.4 Å². The number of nitrogens with zero attached hydrogens (tertiary/aromatic N) is 2. The van der Waals surface area contributed by atoms with Gasteiger partial charge in [-0.2, -0.15) is 4.98 Å². The van der Waals surface area contributed by atoms with Crippen LogP contribution < -0.4 is 5.73 Å². The molecule has 0 amide bonds. The Labute approximate surface area is 124 Å². The molecule has 0 atom stereocenters. The van der Waals surface area contributed by atoms with Crippen LogP contribution in [0.25, 0.3) is 0 Å². The third kappa shape index (κ3) is 8.08. The second kappa shape index (κ2) is 9.80. The van der Waals surface area contributed by atoms with E-state index in [4.69, 9.17) is 29.2 Å². The molecule has 0 fully saturated rings. The van der Waals surface area contributed by atoms with E-state index in [1.807, 2.05) is 13.8 Å². The molecule has 1 heterocycles. The van der Waals surface area contributed by atoms with Gasteiger partial charge in [0.05, 0.1) is 45.2 Å². The van der Waals surface area contributed by atoms with Gasteiger partial charge >= 0.3 is 0 Å². The van der Waals surface area contributed by atoms with Crippen molar-refractivity contribution in [2.45, 2.75) is 26.0 Å². The summed E-state index contributed by atoms with van der Waals surface area (Å²) in [4.78, 5) is 4.16. The Bertz CT molecular complexity index is 378. The Morgan fingerprint density at radius 3 is 2.10 bits per heavy atom. The molecule has 0 aliphatic heterocycles.